The van der Waals surface area contributed by atoms with Crippen LogP contribution in [0.3, 0.4) is 0 Å². The van der Waals surface area contributed by atoms with Crippen LogP contribution < -0.4 is 0 Å². The van der Waals surface area contributed by atoms with E-state index in [0.717, 1.165) is 33.4 Å². The van der Waals surface area contributed by atoms with Crippen molar-refractivity contribution in [3.05, 3.63) is 152 Å². The zero-order valence-electron chi connectivity index (χ0n) is 47.7. The summed E-state index contributed by atoms with van der Waals surface area (Å²) in [5.74, 6) is -6.28. The Morgan fingerprint density at radius 3 is 1.15 bits per heavy atom. The predicted octanol–water partition coefficient (Wildman–Crippen LogP) is 8.89. The molecule has 0 saturated carbocycles. The molecule has 0 aromatic rings. The molecule has 18 heteroatoms. The molecule has 4 N–H and O–H groups in total. The van der Waals surface area contributed by atoms with E-state index in [1.165, 1.54) is 13.8 Å². The number of aliphatic hydroxyl groups excluding tert-OH is 4. The molecule has 0 spiro atoms. The molecule has 6 unspecified atom stereocenters. The molecule has 0 fully saturated rings. The van der Waals surface area contributed by atoms with Gasteiger partial charge in [0, 0.05) is 12.8 Å². The first-order valence-electron chi connectivity index (χ1n) is 26.3. The molecule has 0 amide bonds. The summed E-state index contributed by atoms with van der Waals surface area (Å²) in [5.41, 5.74) is 5.33. The smallest absolute Gasteiger partial charge is 0.338 e. The molecule has 18 nitrogen and oxygen atoms in total. The Morgan fingerprint density at radius 2 is 0.825 bits per heavy atom. The van der Waals surface area contributed by atoms with Crippen LogP contribution in [0.25, 0.3) is 0 Å². The third-order valence-corrected chi connectivity index (χ3v) is 13.8. The van der Waals surface area contributed by atoms with Gasteiger partial charge in [0.05, 0.1) is 36.8 Å². The van der Waals surface area contributed by atoms with Crippen LogP contribution in [0.5, 0.6) is 0 Å². The first-order chi connectivity index (χ1) is 37.4. The van der Waals surface area contributed by atoms with Crippen LogP contribution in [-0.2, 0) is 66.8 Å². The molecule has 2 aliphatic carbocycles. The van der Waals surface area contributed by atoms with E-state index in [-0.39, 0.29) is 61.2 Å². The number of rotatable bonds is 24. The number of ketones is 2. The molecule has 2 aliphatic heterocycles. The fourth-order valence-corrected chi connectivity index (χ4v) is 8.95. The predicted molar refractivity (Wildman–Crippen MR) is 296 cm³/mol. The third kappa shape index (κ3) is 18.4. The molecule has 2 heterocycles. The van der Waals surface area contributed by atoms with Crippen molar-refractivity contribution in [2.75, 3.05) is 13.2 Å². The standard InChI is InChI=1S/C62H76O18/c1-35(19-15-21-37(3)23-25-43-39(5)53(69)47(31-61(43,9)10)77-51(67)29-27-49(65)75-33-45(63)57-55(71)41(7)59(73)79-57)17-13-14-18-36(2)20-16-22-38(4)24-26-44-40(6)54(70)48(32-62(44,11)12)78-52(68)30-28-50(66)76-34-46(64)58-56(72)42(8)60(74)80-58/h13-26,45-48,57-58,63-64,71-72H,27-34H2,1-12H3/b14-13+,19-15+,20-16+,25-23+,26-24+,35-17+,36-18+,37-21+,38-22+. The summed E-state index contributed by atoms with van der Waals surface area (Å²) in [6.07, 6.45) is 18.5. The van der Waals surface area contributed by atoms with Crippen molar-refractivity contribution in [1.29, 1.82) is 0 Å². The maximum absolute atomic E-state index is 13.3. The monoisotopic (exact) mass is 1110 g/mol. The lowest BCUT2D eigenvalue weighted by Crippen LogP contribution is -2.39. The number of ether oxygens (including phenoxy) is 6. The number of hydrogen-bond donors (Lipinski definition) is 4. The molecule has 432 valence electrons. The zero-order valence-corrected chi connectivity index (χ0v) is 47.7. The number of esters is 6. The summed E-state index contributed by atoms with van der Waals surface area (Å²) < 4.78 is 30.7. The van der Waals surface area contributed by atoms with Crippen molar-refractivity contribution in [2.45, 2.75) is 158 Å². The van der Waals surface area contributed by atoms with Gasteiger partial charge in [0.25, 0.3) is 0 Å². The molecule has 80 heavy (non-hydrogen) atoms. The number of hydrogen-bond acceptors (Lipinski definition) is 18. The highest BCUT2D eigenvalue weighted by Gasteiger charge is 2.42. The van der Waals surface area contributed by atoms with Gasteiger partial charge in [0.2, 0.25) is 0 Å². The van der Waals surface area contributed by atoms with Gasteiger partial charge in [-0.2, -0.15) is 0 Å². The molecule has 0 radical (unpaired) electrons. The van der Waals surface area contributed by atoms with Crippen LogP contribution in [0.1, 0.15) is 122 Å². The van der Waals surface area contributed by atoms with Crippen molar-refractivity contribution in [1.82, 2.24) is 0 Å². The molecule has 6 atom stereocenters. The summed E-state index contributed by atoms with van der Waals surface area (Å²) in [6, 6.07) is 0. The molecule has 4 aliphatic rings. The molecule has 4 rings (SSSR count). The van der Waals surface area contributed by atoms with Crippen molar-refractivity contribution < 1.29 is 87.2 Å². The van der Waals surface area contributed by atoms with Crippen molar-refractivity contribution >= 4 is 47.4 Å². The van der Waals surface area contributed by atoms with Gasteiger partial charge in [-0.1, -0.05) is 135 Å². The summed E-state index contributed by atoms with van der Waals surface area (Å²) >= 11 is 0. The van der Waals surface area contributed by atoms with E-state index in [1.807, 2.05) is 140 Å². The van der Waals surface area contributed by atoms with E-state index in [4.69, 9.17) is 28.4 Å². The summed E-state index contributed by atoms with van der Waals surface area (Å²) in [4.78, 5) is 99.7. The fourth-order valence-electron chi connectivity index (χ4n) is 8.95. The van der Waals surface area contributed by atoms with Gasteiger partial charge in [-0.05, 0) is 88.5 Å². The topological polar surface area (TPSA) is 273 Å². The molecule has 0 saturated heterocycles. The number of cyclic esters (lactones) is 2. The van der Waals surface area contributed by atoms with Crippen LogP contribution in [0, 0.1) is 10.8 Å². The summed E-state index contributed by atoms with van der Waals surface area (Å²) in [7, 11) is 0. The minimum absolute atomic E-state index is 0.0486. The minimum Gasteiger partial charge on any atom is -0.508 e. The Bertz CT molecular complexity index is 2680. The van der Waals surface area contributed by atoms with Crippen LogP contribution >= 0.6 is 0 Å². The van der Waals surface area contributed by atoms with E-state index in [0.29, 0.717) is 11.1 Å². The Morgan fingerprint density at radius 1 is 0.512 bits per heavy atom. The molecule has 0 bridgehead atoms. The van der Waals surface area contributed by atoms with E-state index < -0.39 is 108 Å². The summed E-state index contributed by atoms with van der Waals surface area (Å²) in [6.45, 7) is 20.6. The van der Waals surface area contributed by atoms with Crippen LogP contribution in [0.4, 0.5) is 0 Å². The van der Waals surface area contributed by atoms with Crippen molar-refractivity contribution in [3.8, 4) is 0 Å². The normalized spacial score (nSPS) is 23.1. The highest BCUT2D eigenvalue weighted by molar-refractivity contribution is 6.02. The van der Waals surface area contributed by atoms with Gasteiger partial charge in [0.15, 0.2) is 36.0 Å². The Hall–Kier alpha value is -7.70. The van der Waals surface area contributed by atoms with Gasteiger partial charge >= 0.3 is 35.8 Å². The van der Waals surface area contributed by atoms with Crippen LogP contribution in [0.2, 0.25) is 0 Å². The van der Waals surface area contributed by atoms with Gasteiger partial charge in [-0.3, -0.25) is 28.8 Å². The van der Waals surface area contributed by atoms with E-state index in [9.17, 15) is 58.8 Å². The largest absolute Gasteiger partial charge is 0.508 e. The quantitative estimate of drug-likeness (QED) is 0.0399. The van der Waals surface area contributed by atoms with E-state index in [1.54, 1.807) is 13.8 Å². The fraction of sp³-hybridized carbons (Fsp3) is 0.452. The average Bonchev–Trinajstić information content (AvgIpc) is 3.82. The second kappa shape index (κ2) is 29.0. The molecular weight excluding hydrogens is 1030 g/mol. The van der Waals surface area contributed by atoms with Gasteiger partial charge < -0.3 is 48.8 Å². The number of allylic oxidation sites excluding steroid dienone is 20. The number of Topliss-reactive ketones (excluding diaryl/α,β-unsaturated/α-hetero) is 2. The number of carbonyl (C=O) groups is 8. The number of carbonyl (C=O) groups excluding carboxylic acids is 8. The Balaban J connectivity index is 1.20. The Kier molecular flexibility index (Phi) is 23.5. The molecular formula is C62H76O18. The van der Waals surface area contributed by atoms with Crippen LogP contribution in [0.15, 0.2) is 152 Å². The molecule has 0 aromatic carbocycles. The highest BCUT2D eigenvalue weighted by atomic mass is 16.6. The van der Waals surface area contributed by atoms with Crippen LogP contribution in [-0.4, -0.2) is 118 Å². The highest BCUT2D eigenvalue weighted by Crippen LogP contribution is 2.42. The zero-order chi connectivity index (χ0) is 59.8. The average molecular weight is 1110 g/mol. The summed E-state index contributed by atoms with van der Waals surface area (Å²) in [5, 5.41) is 40.3. The second-order valence-corrected chi connectivity index (χ2v) is 21.5. The lowest BCUT2D eigenvalue weighted by atomic mass is 9.71. The molecule has 0 aromatic heterocycles. The third-order valence-electron chi connectivity index (χ3n) is 13.8. The van der Waals surface area contributed by atoms with Gasteiger partial charge in [-0.25, -0.2) is 9.59 Å². The van der Waals surface area contributed by atoms with E-state index >= 15 is 0 Å². The lowest BCUT2D eigenvalue weighted by molar-refractivity contribution is -0.160. The van der Waals surface area contributed by atoms with E-state index in [2.05, 4.69) is 0 Å². The Labute approximate surface area is 467 Å². The van der Waals surface area contributed by atoms with Gasteiger partial charge in [-0.15, -0.1) is 0 Å². The maximum Gasteiger partial charge on any atom is 0.338 e. The lowest BCUT2D eigenvalue weighted by Gasteiger charge is -2.36. The SMILES string of the molecule is CC1=C(O)C(C(O)COC(=O)CCC(=O)OC2CC(C)(C)C(/C=C/C(C)=C/C=C/C(C)=C/C=C/C=C(C)/C=C/C=C(C)/C=C/C3=C(C)C(=O)C(OC(=O)CCC(=O)OCC(O)C4OC(=O)C(C)=C4O)CC3(C)C)=C(C)C2=O)OC1=O. The van der Waals surface area contributed by atoms with Crippen molar-refractivity contribution in [3.63, 3.8) is 0 Å². The number of aliphatic hydroxyl groups is 4. The second-order valence-electron chi connectivity index (χ2n) is 21.5. The van der Waals surface area contributed by atoms with Crippen molar-refractivity contribution in [2.24, 2.45) is 10.8 Å². The minimum atomic E-state index is -1.50. The van der Waals surface area contributed by atoms with Gasteiger partial charge in [0.1, 0.15) is 36.9 Å². The first-order valence-corrected chi connectivity index (χ1v) is 26.3. The maximum atomic E-state index is 13.3. The first kappa shape index (κ1) is 64.8.